The smallest absolute Gasteiger partial charge is 0.315 e. The molecule has 5 heteroatoms. The topological polar surface area (TPSA) is 12.0 Å². The monoisotopic (exact) mass is 277 g/mol. The third-order valence-electron chi connectivity index (χ3n) is 3.12. The molecule has 0 fully saturated rings. The van der Waals surface area contributed by atoms with Gasteiger partial charge in [-0.2, -0.15) is 13.2 Å². The molecule has 0 aromatic heterocycles. The van der Waals surface area contributed by atoms with Gasteiger partial charge in [-0.05, 0) is 43.5 Å². The maximum absolute atomic E-state index is 13.2. The van der Waals surface area contributed by atoms with Crippen molar-refractivity contribution in [2.45, 2.75) is 45.3 Å². The van der Waals surface area contributed by atoms with E-state index >= 15 is 0 Å². The summed E-state index contributed by atoms with van der Waals surface area (Å²) in [6.45, 7) is 6.61. The van der Waals surface area contributed by atoms with E-state index in [1.807, 2.05) is 20.8 Å². The van der Waals surface area contributed by atoms with Crippen LogP contribution in [0.3, 0.4) is 0 Å². The highest BCUT2D eigenvalue weighted by molar-refractivity contribution is 5.29. The van der Waals surface area contributed by atoms with E-state index < -0.39 is 17.6 Å². The Balaban J connectivity index is 2.90. The zero-order chi connectivity index (χ0) is 14.6. The summed E-state index contributed by atoms with van der Waals surface area (Å²) in [6.07, 6.45) is -3.94. The van der Waals surface area contributed by atoms with Crippen LogP contribution in [0.5, 0.6) is 0 Å². The van der Waals surface area contributed by atoms with Gasteiger partial charge in [-0.1, -0.05) is 19.9 Å². The van der Waals surface area contributed by atoms with Gasteiger partial charge in [0.15, 0.2) is 0 Å². The first-order valence-corrected chi connectivity index (χ1v) is 6.35. The number of benzene rings is 1. The lowest BCUT2D eigenvalue weighted by atomic mass is 9.93. The minimum absolute atomic E-state index is 0.0595. The molecule has 0 spiro atoms. The van der Waals surface area contributed by atoms with Crippen molar-refractivity contribution in [3.8, 4) is 0 Å². The molecule has 1 aromatic rings. The molecule has 0 amide bonds. The first-order chi connectivity index (χ1) is 8.75. The van der Waals surface area contributed by atoms with Crippen LogP contribution in [0.4, 0.5) is 17.6 Å². The highest BCUT2D eigenvalue weighted by Gasteiger charge is 2.34. The highest BCUT2D eigenvalue weighted by atomic mass is 19.4. The van der Waals surface area contributed by atoms with Crippen LogP contribution in [0.15, 0.2) is 18.2 Å². The zero-order valence-electron chi connectivity index (χ0n) is 11.3. The molecule has 0 radical (unpaired) electrons. The SMILES string of the molecule is CCNC(C)CC(C)c1ccc(F)c(C(F)(F)F)c1. The molecule has 1 N–H and O–H groups in total. The molecule has 1 nitrogen and oxygen atoms in total. The summed E-state index contributed by atoms with van der Waals surface area (Å²) < 4.78 is 51.0. The minimum Gasteiger partial charge on any atom is -0.315 e. The second kappa shape index (κ2) is 6.37. The standard InChI is InChI=1S/C14H19F4N/c1-4-19-10(3)7-9(2)11-5-6-13(15)12(8-11)14(16,17)18/h5-6,8-10,19H,4,7H2,1-3H3. The van der Waals surface area contributed by atoms with Crippen molar-refractivity contribution in [3.63, 3.8) is 0 Å². The largest absolute Gasteiger partial charge is 0.419 e. The molecule has 0 saturated carbocycles. The van der Waals surface area contributed by atoms with Crippen LogP contribution in [0.25, 0.3) is 0 Å². The molecular weight excluding hydrogens is 258 g/mol. The normalized spacial score (nSPS) is 15.3. The van der Waals surface area contributed by atoms with Crippen molar-refractivity contribution in [2.24, 2.45) is 0 Å². The van der Waals surface area contributed by atoms with E-state index in [2.05, 4.69) is 5.32 Å². The van der Waals surface area contributed by atoms with Crippen LogP contribution in [-0.2, 0) is 6.18 Å². The highest BCUT2D eigenvalue weighted by Crippen LogP contribution is 2.34. The molecular formula is C14H19F4N. The zero-order valence-corrected chi connectivity index (χ0v) is 11.3. The quantitative estimate of drug-likeness (QED) is 0.790. The number of hydrogen-bond donors (Lipinski definition) is 1. The van der Waals surface area contributed by atoms with Gasteiger partial charge in [-0.15, -0.1) is 0 Å². The van der Waals surface area contributed by atoms with Crippen molar-refractivity contribution < 1.29 is 17.6 Å². The number of alkyl halides is 3. The van der Waals surface area contributed by atoms with Gasteiger partial charge in [0.05, 0.1) is 5.56 Å². The molecule has 0 heterocycles. The fourth-order valence-electron chi connectivity index (χ4n) is 2.16. The Bertz CT molecular complexity index is 414. The molecule has 0 aliphatic rings. The average molecular weight is 277 g/mol. The lowest BCUT2D eigenvalue weighted by Gasteiger charge is -2.19. The molecule has 19 heavy (non-hydrogen) atoms. The molecule has 0 bridgehead atoms. The maximum atomic E-state index is 13.2. The summed E-state index contributed by atoms with van der Waals surface area (Å²) in [6, 6.07) is 3.44. The molecule has 1 aromatic carbocycles. The van der Waals surface area contributed by atoms with Gasteiger partial charge in [-0.25, -0.2) is 4.39 Å². The molecule has 2 atom stereocenters. The predicted octanol–water partition coefficient (Wildman–Crippen LogP) is 4.34. The third kappa shape index (κ3) is 4.49. The van der Waals surface area contributed by atoms with Crippen LogP contribution >= 0.6 is 0 Å². The number of hydrogen-bond acceptors (Lipinski definition) is 1. The summed E-state index contributed by atoms with van der Waals surface area (Å²) in [4.78, 5) is 0. The van der Waals surface area contributed by atoms with Gasteiger partial charge in [0.25, 0.3) is 0 Å². The van der Waals surface area contributed by atoms with Crippen LogP contribution in [-0.4, -0.2) is 12.6 Å². The summed E-state index contributed by atoms with van der Waals surface area (Å²) >= 11 is 0. The van der Waals surface area contributed by atoms with E-state index in [1.54, 1.807) is 0 Å². The number of halogens is 4. The second-order valence-corrected chi connectivity index (χ2v) is 4.83. The Morgan fingerprint density at radius 1 is 1.21 bits per heavy atom. The van der Waals surface area contributed by atoms with Gasteiger partial charge in [0, 0.05) is 6.04 Å². The van der Waals surface area contributed by atoms with Gasteiger partial charge < -0.3 is 5.32 Å². The Labute approximate surface area is 111 Å². The molecule has 2 unspecified atom stereocenters. The molecule has 0 saturated heterocycles. The van der Waals surface area contributed by atoms with Gasteiger partial charge >= 0.3 is 6.18 Å². The minimum atomic E-state index is -4.65. The van der Waals surface area contributed by atoms with E-state index in [9.17, 15) is 17.6 Å². The van der Waals surface area contributed by atoms with E-state index in [0.29, 0.717) is 12.0 Å². The van der Waals surface area contributed by atoms with E-state index in [1.165, 1.54) is 6.07 Å². The number of nitrogens with one attached hydrogen (secondary N) is 1. The fraction of sp³-hybridized carbons (Fsp3) is 0.571. The molecule has 1 rings (SSSR count). The lowest BCUT2D eigenvalue weighted by Crippen LogP contribution is -2.27. The fourth-order valence-corrected chi connectivity index (χ4v) is 2.16. The maximum Gasteiger partial charge on any atom is 0.419 e. The van der Waals surface area contributed by atoms with Crippen LogP contribution in [0.1, 0.15) is 44.2 Å². The summed E-state index contributed by atoms with van der Waals surface area (Å²) in [7, 11) is 0. The number of rotatable bonds is 5. The van der Waals surface area contributed by atoms with Crippen LogP contribution in [0.2, 0.25) is 0 Å². The predicted molar refractivity (Wildman–Crippen MR) is 67.6 cm³/mol. The van der Waals surface area contributed by atoms with Crippen LogP contribution < -0.4 is 5.32 Å². The average Bonchev–Trinajstić information content (AvgIpc) is 2.27. The van der Waals surface area contributed by atoms with Crippen molar-refractivity contribution in [2.75, 3.05) is 6.54 Å². The molecule has 0 aliphatic carbocycles. The Kier molecular flexibility index (Phi) is 5.35. The summed E-state index contributed by atoms with van der Waals surface area (Å²) in [5.74, 6) is -1.28. The second-order valence-electron chi connectivity index (χ2n) is 4.83. The van der Waals surface area contributed by atoms with E-state index in [-0.39, 0.29) is 12.0 Å². The van der Waals surface area contributed by atoms with E-state index in [0.717, 1.165) is 18.7 Å². The van der Waals surface area contributed by atoms with Gasteiger partial charge in [0.1, 0.15) is 5.82 Å². The third-order valence-corrected chi connectivity index (χ3v) is 3.12. The Hall–Kier alpha value is -1.10. The van der Waals surface area contributed by atoms with Gasteiger partial charge in [-0.3, -0.25) is 0 Å². The molecule has 0 aliphatic heterocycles. The Morgan fingerprint density at radius 2 is 1.84 bits per heavy atom. The summed E-state index contributed by atoms with van der Waals surface area (Å²) in [5, 5.41) is 3.21. The van der Waals surface area contributed by atoms with Crippen molar-refractivity contribution in [1.29, 1.82) is 0 Å². The van der Waals surface area contributed by atoms with Crippen molar-refractivity contribution in [1.82, 2.24) is 5.32 Å². The van der Waals surface area contributed by atoms with Crippen molar-refractivity contribution >= 4 is 0 Å². The van der Waals surface area contributed by atoms with Crippen molar-refractivity contribution in [3.05, 3.63) is 35.1 Å². The first-order valence-electron chi connectivity index (χ1n) is 6.35. The molecule has 108 valence electrons. The van der Waals surface area contributed by atoms with Crippen LogP contribution in [0, 0.1) is 5.82 Å². The van der Waals surface area contributed by atoms with Gasteiger partial charge in [0.2, 0.25) is 0 Å². The Morgan fingerprint density at radius 3 is 2.37 bits per heavy atom. The van der Waals surface area contributed by atoms with E-state index in [4.69, 9.17) is 0 Å². The lowest BCUT2D eigenvalue weighted by molar-refractivity contribution is -0.140. The first kappa shape index (κ1) is 16.0. The summed E-state index contributed by atoms with van der Waals surface area (Å²) in [5.41, 5.74) is -0.675.